The van der Waals surface area contributed by atoms with Crippen LogP contribution in [-0.2, 0) is 6.42 Å². The second-order valence-corrected chi connectivity index (χ2v) is 5.86. The molecule has 1 N–H and O–H groups in total. The summed E-state index contributed by atoms with van der Waals surface area (Å²) in [7, 11) is 0. The lowest BCUT2D eigenvalue weighted by Crippen LogP contribution is -2.31. The Morgan fingerprint density at radius 1 is 1.36 bits per heavy atom. The second kappa shape index (κ2) is 5.55. The average Bonchev–Trinajstić information content (AvgIpc) is 2.88. The SMILES string of the molecule is CC.Cc1ccnc(-n2nc(C(=O)O)c3c2CC2CC3C2)c1. The normalized spacial score (nSPS) is 21.2. The molecule has 0 atom stereocenters. The van der Waals surface area contributed by atoms with Gasteiger partial charge in [-0.15, -0.1) is 0 Å². The summed E-state index contributed by atoms with van der Waals surface area (Å²) in [5.74, 6) is 0.857. The first kappa shape index (κ1) is 14.8. The van der Waals surface area contributed by atoms with E-state index in [9.17, 15) is 9.90 Å². The van der Waals surface area contributed by atoms with Gasteiger partial charge in [-0.05, 0) is 55.7 Å². The van der Waals surface area contributed by atoms with E-state index >= 15 is 0 Å². The van der Waals surface area contributed by atoms with Gasteiger partial charge in [0, 0.05) is 11.8 Å². The number of pyridine rings is 1. The molecule has 5 heteroatoms. The van der Waals surface area contributed by atoms with Gasteiger partial charge >= 0.3 is 5.97 Å². The van der Waals surface area contributed by atoms with Crippen LogP contribution in [0, 0.1) is 12.8 Å². The van der Waals surface area contributed by atoms with E-state index in [2.05, 4.69) is 10.1 Å². The number of hydrogen-bond donors (Lipinski definition) is 1. The summed E-state index contributed by atoms with van der Waals surface area (Å²) >= 11 is 0. The van der Waals surface area contributed by atoms with Crippen molar-refractivity contribution in [1.82, 2.24) is 14.8 Å². The van der Waals surface area contributed by atoms with Crippen LogP contribution in [0.15, 0.2) is 18.3 Å². The fourth-order valence-electron chi connectivity index (χ4n) is 3.49. The van der Waals surface area contributed by atoms with E-state index in [1.165, 1.54) is 0 Å². The Bertz CT molecular complexity index is 715. The smallest absolute Gasteiger partial charge is 0.356 e. The molecule has 0 amide bonds. The summed E-state index contributed by atoms with van der Waals surface area (Å²) in [5, 5.41) is 13.7. The zero-order valence-corrected chi connectivity index (χ0v) is 13.2. The molecule has 2 bridgehead atoms. The first-order valence-electron chi connectivity index (χ1n) is 7.91. The second-order valence-electron chi connectivity index (χ2n) is 5.86. The summed E-state index contributed by atoms with van der Waals surface area (Å²) in [6.45, 7) is 6.00. The van der Waals surface area contributed by atoms with Gasteiger partial charge in [-0.2, -0.15) is 5.10 Å². The van der Waals surface area contributed by atoms with Crippen LogP contribution in [0.1, 0.15) is 59.9 Å². The van der Waals surface area contributed by atoms with Crippen LogP contribution in [0.3, 0.4) is 0 Å². The Labute approximate surface area is 130 Å². The number of rotatable bonds is 2. The van der Waals surface area contributed by atoms with Crippen LogP contribution < -0.4 is 0 Å². The Balaban J connectivity index is 0.000000693. The first-order chi connectivity index (χ1) is 10.6. The Morgan fingerprint density at radius 3 is 2.73 bits per heavy atom. The molecule has 3 aliphatic rings. The molecule has 0 unspecified atom stereocenters. The van der Waals surface area contributed by atoms with Gasteiger partial charge in [0.2, 0.25) is 0 Å². The maximum atomic E-state index is 11.5. The third kappa shape index (κ3) is 2.21. The zero-order valence-electron chi connectivity index (χ0n) is 13.2. The van der Waals surface area contributed by atoms with E-state index in [0.717, 1.165) is 41.9 Å². The Kier molecular flexibility index (Phi) is 3.72. The lowest BCUT2D eigenvalue weighted by Gasteiger charge is -2.41. The van der Waals surface area contributed by atoms with Crippen molar-refractivity contribution < 1.29 is 9.90 Å². The van der Waals surface area contributed by atoms with E-state index in [-0.39, 0.29) is 5.69 Å². The number of carboxylic acids is 1. The van der Waals surface area contributed by atoms with E-state index in [4.69, 9.17) is 0 Å². The summed E-state index contributed by atoms with van der Waals surface area (Å²) < 4.78 is 1.74. The molecule has 0 aliphatic heterocycles. The summed E-state index contributed by atoms with van der Waals surface area (Å²) in [4.78, 5) is 15.8. The van der Waals surface area contributed by atoms with Crippen molar-refractivity contribution in [3.05, 3.63) is 40.8 Å². The monoisotopic (exact) mass is 299 g/mol. The molecule has 2 heterocycles. The first-order valence-corrected chi connectivity index (χ1v) is 7.91. The van der Waals surface area contributed by atoms with Crippen molar-refractivity contribution in [2.45, 2.75) is 46.0 Å². The fraction of sp³-hybridized carbons (Fsp3) is 0.471. The van der Waals surface area contributed by atoms with Crippen molar-refractivity contribution >= 4 is 5.97 Å². The Morgan fingerprint density at radius 2 is 2.09 bits per heavy atom. The average molecular weight is 299 g/mol. The molecule has 116 valence electrons. The van der Waals surface area contributed by atoms with Gasteiger partial charge in [-0.1, -0.05) is 13.8 Å². The lowest BCUT2D eigenvalue weighted by molar-refractivity contribution is 0.0686. The van der Waals surface area contributed by atoms with Gasteiger partial charge < -0.3 is 5.11 Å². The van der Waals surface area contributed by atoms with Crippen LogP contribution in [0.4, 0.5) is 0 Å². The van der Waals surface area contributed by atoms with Gasteiger partial charge in [0.1, 0.15) is 0 Å². The molecule has 1 fully saturated rings. The molecule has 0 radical (unpaired) electrons. The predicted molar refractivity (Wildman–Crippen MR) is 83.6 cm³/mol. The number of carboxylic acid groups (broad SMARTS) is 1. The fourth-order valence-corrected chi connectivity index (χ4v) is 3.49. The minimum absolute atomic E-state index is 0.214. The molecule has 3 aliphatic carbocycles. The standard InChI is InChI=1S/C15H15N3O2.C2H6/c1-8-2-3-16-12(4-8)18-11-7-9-5-10(6-9)13(11)14(17-18)15(19)20;1-2/h2-4,9-10H,5-7H2,1H3,(H,19,20);1-2H3. The van der Waals surface area contributed by atoms with Crippen molar-refractivity contribution in [3.63, 3.8) is 0 Å². The summed E-state index contributed by atoms with van der Waals surface area (Å²) in [5.41, 5.74) is 3.31. The van der Waals surface area contributed by atoms with Crippen LogP contribution in [-0.4, -0.2) is 25.8 Å². The molecular formula is C17H21N3O2. The third-order valence-electron chi connectivity index (χ3n) is 4.47. The highest BCUT2D eigenvalue weighted by Crippen LogP contribution is 2.51. The quantitative estimate of drug-likeness (QED) is 0.923. The van der Waals surface area contributed by atoms with E-state index in [0.29, 0.717) is 11.8 Å². The lowest BCUT2D eigenvalue weighted by atomic mass is 9.64. The minimum atomic E-state index is -0.932. The zero-order chi connectivity index (χ0) is 15.9. The van der Waals surface area contributed by atoms with Gasteiger partial charge in [0.15, 0.2) is 11.5 Å². The molecule has 5 rings (SSSR count). The van der Waals surface area contributed by atoms with E-state index in [1.807, 2.05) is 32.9 Å². The number of carbonyl (C=O) groups is 1. The maximum absolute atomic E-state index is 11.5. The Hall–Kier alpha value is -2.17. The van der Waals surface area contributed by atoms with Crippen molar-refractivity contribution in [2.24, 2.45) is 5.92 Å². The topological polar surface area (TPSA) is 68.0 Å². The van der Waals surface area contributed by atoms with Crippen LogP contribution in [0.25, 0.3) is 5.82 Å². The maximum Gasteiger partial charge on any atom is 0.356 e. The van der Waals surface area contributed by atoms with Gasteiger partial charge in [0.05, 0.1) is 5.69 Å². The number of aromatic nitrogens is 3. The van der Waals surface area contributed by atoms with Gasteiger partial charge in [-0.25, -0.2) is 14.5 Å². The van der Waals surface area contributed by atoms with Crippen molar-refractivity contribution in [2.75, 3.05) is 0 Å². The van der Waals surface area contributed by atoms with Gasteiger partial charge in [-0.3, -0.25) is 0 Å². The predicted octanol–water partition coefficient (Wildman–Crippen LogP) is 3.35. The molecule has 2 aromatic heterocycles. The number of nitrogens with zero attached hydrogens (tertiary/aromatic N) is 3. The number of aromatic carboxylic acids is 1. The highest BCUT2D eigenvalue weighted by atomic mass is 16.4. The molecule has 2 aromatic rings. The van der Waals surface area contributed by atoms with Gasteiger partial charge in [0.25, 0.3) is 0 Å². The van der Waals surface area contributed by atoms with Crippen LogP contribution in [0.5, 0.6) is 0 Å². The third-order valence-corrected chi connectivity index (χ3v) is 4.47. The number of hydrogen-bond acceptors (Lipinski definition) is 3. The molecule has 1 saturated carbocycles. The molecule has 0 saturated heterocycles. The molecule has 22 heavy (non-hydrogen) atoms. The molecule has 0 spiro atoms. The number of aryl methyl sites for hydroxylation is 1. The highest BCUT2D eigenvalue weighted by molar-refractivity contribution is 5.88. The van der Waals surface area contributed by atoms with Crippen LogP contribution in [0.2, 0.25) is 0 Å². The molecule has 5 nitrogen and oxygen atoms in total. The van der Waals surface area contributed by atoms with Crippen molar-refractivity contribution in [1.29, 1.82) is 0 Å². The summed E-state index contributed by atoms with van der Waals surface area (Å²) in [6, 6.07) is 3.87. The van der Waals surface area contributed by atoms with Crippen molar-refractivity contribution in [3.8, 4) is 5.82 Å². The molecular weight excluding hydrogens is 278 g/mol. The van der Waals surface area contributed by atoms with Crippen LogP contribution >= 0.6 is 0 Å². The van der Waals surface area contributed by atoms with E-state index in [1.54, 1.807) is 10.9 Å². The largest absolute Gasteiger partial charge is 0.476 e. The molecule has 0 aromatic carbocycles. The highest BCUT2D eigenvalue weighted by Gasteiger charge is 2.43. The minimum Gasteiger partial charge on any atom is -0.476 e. The van der Waals surface area contributed by atoms with E-state index < -0.39 is 5.97 Å². The summed E-state index contributed by atoms with van der Waals surface area (Å²) in [6.07, 6.45) is 4.88.